The van der Waals surface area contributed by atoms with Crippen molar-refractivity contribution in [3.63, 3.8) is 0 Å². The molecule has 1 unspecified atom stereocenters. The van der Waals surface area contributed by atoms with Crippen LogP contribution in [0.15, 0.2) is 41.6 Å². The Balaban J connectivity index is 1.68. The van der Waals surface area contributed by atoms with E-state index in [0.717, 1.165) is 4.88 Å². The van der Waals surface area contributed by atoms with Crippen molar-refractivity contribution in [2.45, 2.75) is 19.4 Å². The minimum absolute atomic E-state index is 0.113. The van der Waals surface area contributed by atoms with Gasteiger partial charge in [0.2, 0.25) is 6.10 Å². The van der Waals surface area contributed by atoms with Crippen LogP contribution in [-0.2, 0) is 9.63 Å². The molecular formula is C16H13ClN2O3S. The van der Waals surface area contributed by atoms with E-state index >= 15 is 0 Å². The van der Waals surface area contributed by atoms with Crippen LogP contribution in [0, 0.1) is 0 Å². The molecule has 0 aliphatic carbocycles. The molecular weight excluding hydrogens is 336 g/mol. The van der Waals surface area contributed by atoms with Gasteiger partial charge in [-0.3, -0.25) is 9.59 Å². The predicted molar refractivity (Wildman–Crippen MR) is 90.4 cm³/mol. The molecule has 7 heteroatoms. The Morgan fingerprint density at radius 2 is 2.09 bits per heavy atom. The predicted octanol–water partition coefficient (Wildman–Crippen LogP) is 3.74. The first-order valence-electron chi connectivity index (χ1n) is 6.94. The number of anilines is 1. The van der Waals surface area contributed by atoms with Crippen LogP contribution in [0.25, 0.3) is 0 Å². The second-order valence-corrected chi connectivity index (χ2v) is 6.75. The highest BCUT2D eigenvalue weighted by molar-refractivity contribution is 7.18. The number of carbonyl (C=O) groups is 2. The first kappa shape index (κ1) is 15.7. The number of hydrogen-bond donors (Lipinski definition) is 1. The Labute approximate surface area is 141 Å². The third-order valence-electron chi connectivity index (χ3n) is 3.38. The molecule has 2 aromatic rings. The number of nitrogens with zero attached hydrogens (tertiary/aromatic N) is 1. The van der Waals surface area contributed by atoms with Crippen molar-refractivity contribution in [2.75, 3.05) is 5.32 Å². The maximum absolute atomic E-state index is 12.3. The number of amides is 1. The zero-order valence-electron chi connectivity index (χ0n) is 12.2. The first-order chi connectivity index (χ1) is 11.0. The van der Waals surface area contributed by atoms with Crippen molar-refractivity contribution < 1.29 is 14.4 Å². The number of hydrogen-bond acceptors (Lipinski definition) is 5. The van der Waals surface area contributed by atoms with Gasteiger partial charge in [0.25, 0.3) is 5.91 Å². The molecule has 1 aromatic heterocycles. The van der Waals surface area contributed by atoms with Crippen LogP contribution in [-0.4, -0.2) is 23.5 Å². The molecule has 5 nitrogen and oxygen atoms in total. The molecule has 3 rings (SSSR count). The molecule has 1 aliphatic heterocycles. The van der Waals surface area contributed by atoms with Crippen LogP contribution in [0.1, 0.15) is 28.6 Å². The summed E-state index contributed by atoms with van der Waals surface area (Å²) in [6.07, 6.45) is -0.351. The number of oxime groups is 1. The molecule has 0 fully saturated rings. The Morgan fingerprint density at radius 1 is 1.30 bits per heavy atom. The van der Waals surface area contributed by atoms with Gasteiger partial charge < -0.3 is 10.2 Å². The normalized spacial score (nSPS) is 16.6. The van der Waals surface area contributed by atoms with Crippen molar-refractivity contribution in [1.82, 2.24) is 0 Å². The van der Waals surface area contributed by atoms with Crippen LogP contribution >= 0.6 is 22.9 Å². The van der Waals surface area contributed by atoms with Crippen molar-refractivity contribution in [2.24, 2.45) is 5.16 Å². The van der Waals surface area contributed by atoms with E-state index in [1.807, 2.05) is 6.07 Å². The quantitative estimate of drug-likeness (QED) is 0.856. The van der Waals surface area contributed by atoms with Crippen LogP contribution < -0.4 is 5.32 Å². The van der Waals surface area contributed by atoms with Gasteiger partial charge in [0, 0.05) is 12.0 Å². The molecule has 0 bridgehead atoms. The van der Waals surface area contributed by atoms with Crippen molar-refractivity contribution in [3.8, 4) is 0 Å². The van der Waals surface area contributed by atoms with Gasteiger partial charge in [-0.25, -0.2) is 0 Å². The minimum Gasteiger partial charge on any atom is -0.382 e. The first-order valence-corrected chi connectivity index (χ1v) is 8.13. The number of Topliss-reactive ketones (excluding diaryl/α,β-unsaturated/α-hetero) is 1. The van der Waals surface area contributed by atoms with Crippen LogP contribution in [0.2, 0.25) is 4.34 Å². The molecule has 1 N–H and O–H groups in total. The third kappa shape index (κ3) is 3.43. The highest BCUT2D eigenvalue weighted by Gasteiger charge is 2.30. The number of ketones is 1. The fourth-order valence-electron chi connectivity index (χ4n) is 2.25. The molecule has 1 aliphatic rings. The number of benzene rings is 1. The molecule has 0 spiro atoms. The lowest BCUT2D eigenvalue weighted by atomic mass is 10.1. The summed E-state index contributed by atoms with van der Waals surface area (Å²) in [6.45, 7) is 1.46. The van der Waals surface area contributed by atoms with Gasteiger partial charge in [-0.2, -0.15) is 0 Å². The zero-order valence-corrected chi connectivity index (χ0v) is 13.8. The van der Waals surface area contributed by atoms with Gasteiger partial charge >= 0.3 is 0 Å². The van der Waals surface area contributed by atoms with E-state index in [-0.39, 0.29) is 11.7 Å². The van der Waals surface area contributed by atoms with Gasteiger partial charge in [0.15, 0.2) is 5.78 Å². The monoisotopic (exact) mass is 348 g/mol. The lowest BCUT2D eigenvalue weighted by Gasteiger charge is -2.11. The molecule has 118 valence electrons. The second-order valence-electron chi connectivity index (χ2n) is 5.03. The van der Waals surface area contributed by atoms with E-state index < -0.39 is 6.10 Å². The number of nitrogens with one attached hydrogen (secondary N) is 1. The van der Waals surface area contributed by atoms with E-state index in [1.165, 1.54) is 18.3 Å². The largest absolute Gasteiger partial charge is 0.382 e. The van der Waals surface area contributed by atoms with Crippen molar-refractivity contribution in [1.29, 1.82) is 0 Å². The van der Waals surface area contributed by atoms with E-state index in [2.05, 4.69) is 10.5 Å². The zero-order chi connectivity index (χ0) is 16.4. The molecule has 0 saturated heterocycles. The number of thiophene rings is 1. The Bertz CT molecular complexity index is 800. The molecule has 23 heavy (non-hydrogen) atoms. The minimum atomic E-state index is -0.717. The van der Waals surface area contributed by atoms with Crippen molar-refractivity contribution in [3.05, 3.63) is 51.2 Å². The molecule has 0 radical (unpaired) electrons. The van der Waals surface area contributed by atoms with Gasteiger partial charge in [-0.05, 0) is 31.2 Å². The van der Waals surface area contributed by atoms with E-state index in [0.29, 0.717) is 27.7 Å². The summed E-state index contributed by atoms with van der Waals surface area (Å²) in [6, 6.07) is 10.5. The van der Waals surface area contributed by atoms with E-state index in [1.54, 1.807) is 30.3 Å². The Hall–Kier alpha value is -2.18. The lowest BCUT2D eigenvalue weighted by Crippen LogP contribution is -2.28. The Morgan fingerprint density at radius 3 is 2.78 bits per heavy atom. The summed E-state index contributed by atoms with van der Waals surface area (Å²) >= 11 is 7.29. The summed E-state index contributed by atoms with van der Waals surface area (Å²) in [5, 5.41) is 6.69. The smallest absolute Gasteiger partial charge is 0.268 e. The number of rotatable bonds is 4. The molecule has 2 heterocycles. The molecule has 1 aromatic carbocycles. The van der Waals surface area contributed by atoms with E-state index in [9.17, 15) is 9.59 Å². The number of carbonyl (C=O) groups excluding carboxylic acids is 2. The fourth-order valence-corrected chi connectivity index (χ4v) is 3.28. The van der Waals surface area contributed by atoms with Gasteiger partial charge in [-0.15, -0.1) is 11.3 Å². The summed E-state index contributed by atoms with van der Waals surface area (Å²) in [5.74, 6) is -0.446. The lowest BCUT2D eigenvalue weighted by molar-refractivity contribution is -0.125. The maximum atomic E-state index is 12.3. The molecule has 1 atom stereocenters. The summed E-state index contributed by atoms with van der Waals surface area (Å²) < 4.78 is 0.658. The standard InChI is InChI=1S/C16H13ClN2O3S/c1-9(20)10-4-2-3-5-11(10)18-16(21)13-8-12(19-22-13)14-6-7-15(17)23-14/h2-7,13H,8H2,1H3,(H,18,21). The van der Waals surface area contributed by atoms with Gasteiger partial charge in [-0.1, -0.05) is 28.9 Å². The third-order valence-corrected chi connectivity index (χ3v) is 4.66. The maximum Gasteiger partial charge on any atom is 0.268 e. The molecule has 1 amide bonds. The summed E-state index contributed by atoms with van der Waals surface area (Å²) in [7, 11) is 0. The number of para-hydroxylation sites is 1. The SMILES string of the molecule is CC(=O)c1ccccc1NC(=O)C1CC(c2ccc(Cl)s2)=NO1. The highest BCUT2D eigenvalue weighted by Crippen LogP contribution is 2.27. The highest BCUT2D eigenvalue weighted by atomic mass is 35.5. The molecule has 0 saturated carbocycles. The summed E-state index contributed by atoms with van der Waals surface area (Å²) in [5.41, 5.74) is 1.63. The van der Waals surface area contributed by atoms with E-state index in [4.69, 9.17) is 16.4 Å². The number of halogens is 1. The van der Waals surface area contributed by atoms with Gasteiger partial charge in [0.1, 0.15) is 5.71 Å². The van der Waals surface area contributed by atoms with Crippen LogP contribution in [0.5, 0.6) is 0 Å². The summed E-state index contributed by atoms with van der Waals surface area (Å²) in [4.78, 5) is 30.0. The Kier molecular flexibility index (Phi) is 4.45. The topological polar surface area (TPSA) is 67.8 Å². The average molecular weight is 349 g/mol. The van der Waals surface area contributed by atoms with Gasteiger partial charge in [0.05, 0.1) is 14.9 Å². The van der Waals surface area contributed by atoms with Crippen molar-refractivity contribution >= 4 is 46.0 Å². The second kappa shape index (κ2) is 6.52. The van der Waals surface area contributed by atoms with Crippen LogP contribution in [0.4, 0.5) is 5.69 Å². The van der Waals surface area contributed by atoms with Crippen LogP contribution in [0.3, 0.4) is 0 Å². The fraction of sp³-hybridized carbons (Fsp3) is 0.188. The average Bonchev–Trinajstić information content (AvgIpc) is 3.16.